The first-order chi connectivity index (χ1) is 6.29. The van der Waals surface area contributed by atoms with Crippen LogP contribution in [0.5, 0.6) is 0 Å². The molecule has 1 N–H and O–H groups in total. The van der Waals surface area contributed by atoms with Gasteiger partial charge in [-0.2, -0.15) is 0 Å². The lowest BCUT2D eigenvalue weighted by atomic mass is 10.2. The van der Waals surface area contributed by atoms with Gasteiger partial charge in [0, 0.05) is 10.8 Å². The van der Waals surface area contributed by atoms with E-state index in [1.807, 2.05) is 18.2 Å². The van der Waals surface area contributed by atoms with Crippen LogP contribution in [0.4, 0.5) is 5.69 Å². The van der Waals surface area contributed by atoms with Gasteiger partial charge >= 0.3 is 0 Å². The van der Waals surface area contributed by atoms with Crippen molar-refractivity contribution < 1.29 is 4.79 Å². The highest BCUT2D eigenvalue weighted by molar-refractivity contribution is 8.00. The molecule has 0 atom stereocenters. The van der Waals surface area contributed by atoms with Crippen LogP contribution in [-0.2, 0) is 10.7 Å². The van der Waals surface area contributed by atoms with E-state index in [4.69, 9.17) is 11.6 Å². The third-order valence-corrected chi connectivity index (χ3v) is 3.21. The molecule has 0 bridgehead atoms. The molecule has 0 saturated carbocycles. The molecule has 2 rings (SSSR count). The first-order valence-corrected chi connectivity index (χ1v) is 5.43. The summed E-state index contributed by atoms with van der Waals surface area (Å²) in [5.41, 5.74) is 1.92. The summed E-state index contributed by atoms with van der Waals surface area (Å²) >= 11 is 7.25. The van der Waals surface area contributed by atoms with Gasteiger partial charge in [-0.3, -0.25) is 4.79 Å². The quantitative estimate of drug-likeness (QED) is 0.727. The summed E-state index contributed by atoms with van der Waals surface area (Å²) in [7, 11) is 0. The summed E-state index contributed by atoms with van der Waals surface area (Å²) in [5.74, 6) is 1.05. The summed E-state index contributed by atoms with van der Waals surface area (Å²) < 4.78 is 0. The van der Waals surface area contributed by atoms with E-state index in [0.29, 0.717) is 11.6 Å². The fourth-order valence-electron chi connectivity index (χ4n) is 1.21. The molecule has 1 aliphatic heterocycles. The van der Waals surface area contributed by atoms with Crippen molar-refractivity contribution in [2.75, 3.05) is 11.1 Å². The molecule has 1 aromatic carbocycles. The SMILES string of the molecule is O=C1CSc2ccc(CCl)cc2N1. The Hall–Kier alpha value is -0.670. The second-order valence-corrected chi connectivity index (χ2v) is 4.09. The maximum atomic E-state index is 11.1. The molecule has 13 heavy (non-hydrogen) atoms. The number of fused-ring (bicyclic) bond motifs is 1. The minimum absolute atomic E-state index is 0.0595. The lowest BCUT2D eigenvalue weighted by molar-refractivity contribution is -0.113. The Balaban J connectivity index is 2.38. The molecule has 0 radical (unpaired) electrons. The maximum absolute atomic E-state index is 11.1. The molecular weight excluding hydrogens is 206 g/mol. The second kappa shape index (κ2) is 3.60. The van der Waals surface area contributed by atoms with Crippen molar-refractivity contribution in [1.82, 2.24) is 0 Å². The standard InChI is InChI=1S/C9H8ClNOS/c10-4-6-1-2-8-7(3-6)11-9(12)5-13-8/h1-3H,4-5H2,(H,11,12). The molecular formula is C9H8ClNOS. The smallest absolute Gasteiger partial charge is 0.234 e. The Morgan fingerprint density at radius 3 is 3.15 bits per heavy atom. The van der Waals surface area contributed by atoms with E-state index in [0.717, 1.165) is 16.1 Å². The van der Waals surface area contributed by atoms with Crippen molar-refractivity contribution in [3.63, 3.8) is 0 Å². The third-order valence-electron chi connectivity index (χ3n) is 1.83. The van der Waals surface area contributed by atoms with Crippen LogP contribution in [0.25, 0.3) is 0 Å². The molecule has 0 aromatic heterocycles. The average molecular weight is 214 g/mol. The van der Waals surface area contributed by atoms with Crippen LogP contribution in [0.2, 0.25) is 0 Å². The molecule has 0 fully saturated rings. The monoisotopic (exact) mass is 213 g/mol. The van der Waals surface area contributed by atoms with Gasteiger partial charge in [0.05, 0.1) is 11.4 Å². The lowest BCUT2D eigenvalue weighted by Crippen LogP contribution is -2.18. The molecule has 0 spiro atoms. The fourth-order valence-corrected chi connectivity index (χ4v) is 2.17. The van der Waals surface area contributed by atoms with Gasteiger partial charge in [0.2, 0.25) is 5.91 Å². The highest BCUT2D eigenvalue weighted by atomic mass is 35.5. The normalized spacial score (nSPS) is 15.0. The van der Waals surface area contributed by atoms with E-state index in [-0.39, 0.29) is 5.91 Å². The number of alkyl halides is 1. The molecule has 1 aliphatic rings. The maximum Gasteiger partial charge on any atom is 0.234 e. The number of hydrogen-bond acceptors (Lipinski definition) is 2. The summed E-state index contributed by atoms with van der Waals surface area (Å²) in [6.07, 6.45) is 0. The number of amides is 1. The van der Waals surface area contributed by atoms with E-state index in [2.05, 4.69) is 5.32 Å². The Morgan fingerprint density at radius 2 is 2.38 bits per heavy atom. The summed E-state index contributed by atoms with van der Waals surface area (Å²) in [6.45, 7) is 0. The van der Waals surface area contributed by atoms with Crippen LogP contribution >= 0.6 is 23.4 Å². The van der Waals surface area contributed by atoms with Crippen LogP contribution < -0.4 is 5.32 Å². The zero-order chi connectivity index (χ0) is 9.26. The lowest BCUT2D eigenvalue weighted by Gasteiger charge is -2.16. The molecule has 4 heteroatoms. The summed E-state index contributed by atoms with van der Waals surface area (Å²) in [6, 6.07) is 5.90. The van der Waals surface area contributed by atoms with Gasteiger partial charge in [-0.1, -0.05) is 6.07 Å². The number of nitrogens with one attached hydrogen (secondary N) is 1. The zero-order valence-corrected chi connectivity index (χ0v) is 8.41. The van der Waals surface area contributed by atoms with Crippen molar-refractivity contribution in [2.45, 2.75) is 10.8 Å². The summed E-state index contributed by atoms with van der Waals surface area (Å²) in [4.78, 5) is 12.2. The van der Waals surface area contributed by atoms with E-state index < -0.39 is 0 Å². The third kappa shape index (κ3) is 1.81. The Bertz CT molecular complexity index is 353. The minimum Gasteiger partial charge on any atom is -0.324 e. The van der Waals surface area contributed by atoms with E-state index in [9.17, 15) is 4.79 Å². The van der Waals surface area contributed by atoms with E-state index in [1.54, 1.807) is 11.8 Å². The average Bonchev–Trinajstić information content (AvgIpc) is 2.16. The molecule has 2 nitrogen and oxygen atoms in total. The van der Waals surface area contributed by atoms with Gasteiger partial charge in [-0.15, -0.1) is 23.4 Å². The molecule has 1 amide bonds. The van der Waals surface area contributed by atoms with Crippen LogP contribution in [0.1, 0.15) is 5.56 Å². The van der Waals surface area contributed by atoms with Gasteiger partial charge in [0.15, 0.2) is 0 Å². The minimum atomic E-state index is 0.0595. The highest BCUT2D eigenvalue weighted by Crippen LogP contribution is 2.32. The molecule has 0 unspecified atom stereocenters. The second-order valence-electron chi connectivity index (χ2n) is 2.80. The fraction of sp³-hybridized carbons (Fsp3) is 0.222. The zero-order valence-electron chi connectivity index (χ0n) is 6.84. The van der Waals surface area contributed by atoms with Crippen molar-refractivity contribution in [3.8, 4) is 0 Å². The first-order valence-electron chi connectivity index (χ1n) is 3.91. The number of benzene rings is 1. The number of hydrogen-bond donors (Lipinski definition) is 1. The molecule has 68 valence electrons. The molecule has 1 aromatic rings. The number of carbonyl (C=O) groups is 1. The largest absolute Gasteiger partial charge is 0.324 e. The van der Waals surface area contributed by atoms with Gasteiger partial charge in [-0.05, 0) is 17.7 Å². The van der Waals surface area contributed by atoms with Crippen molar-refractivity contribution in [1.29, 1.82) is 0 Å². The number of thioether (sulfide) groups is 1. The van der Waals surface area contributed by atoms with Crippen molar-refractivity contribution in [2.24, 2.45) is 0 Å². The number of anilines is 1. The van der Waals surface area contributed by atoms with Crippen LogP contribution in [0, 0.1) is 0 Å². The van der Waals surface area contributed by atoms with Crippen LogP contribution in [-0.4, -0.2) is 11.7 Å². The topological polar surface area (TPSA) is 29.1 Å². The van der Waals surface area contributed by atoms with Crippen molar-refractivity contribution in [3.05, 3.63) is 23.8 Å². The first kappa shape index (κ1) is 8.91. The molecule has 1 heterocycles. The summed E-state index contributed by atoms with van der Waals surface area (Å²) in [5, 5.41) is 2.82. The Morgan fingerprint density at radius 1 is 1.54 bits per heavy atom. The molecule has 0 aliphatic carbocycles. The predicted octanol–water partition coefficient (Wildman–Crippen LogP) is 2.47. The van der Waals surface area contributed by atoms with Gasteiger partial charge in [-0.25, -0.2) is 0 Å². The van der Waals surface area contributed by atoms with Gasteiger partial charge in [0.1, 0.15) is 0 Å². The van der Waals surface area contributed by atoms with Crippen molar-refractivity contribution >= 4 is 35.0 Å². The van der Waals surface area contributed by atoms with E-state index >= 15 is 0 Å². The van der Waals surface area contributed by atoms with E-state index in [1.165, 1.54) is 0 Å². The Kier molecular flexibility index (Phi) is 2.47. The van der Waals surface area contributed by atoms with Crippen LogP contribution in [0.15, 0.2) is 23.1 Å². The number of halogens is 1. The van der Waals surface area contributed by atoms with Gasteiger partial charge in [0.25, 0.3) is 0 Å². The van der Waals surface area contributed by atoms with Gasteiger partial charge < -0.3 is 5.32 Å². The molecule has 0 saturated heterocycles. The number of carbonyl (C=O) groups excluding carboxylic acids is 1. The predicted molar refractivity (Wildman–Crippen MR) is 55.4 cm³/mol. The Labute approximate surface area is 85.7 Å². The number of rotatable bonds is 1. The van der Waals surface area contributed by atoms with Crippen LogP contribution in [0.3, 0.4) is 0 Å². The highest BCUT2D eigenvalue weighted by Gasteiger charge is 2.14.